The molecule has 0 aromatic carbocycles. The van der Waals surface area contributed by atoms with E-state index in [4.69, 9.17) is 11.5 Å². The van der Waals surface area contributed by atoms with Gasteiger partial charge in [0.25, 0.3) is 0 Å². The maximum Gasteiger partial charge on any atom is 0.244 e. The molecule has 0 spiro atoms. The third kappa shape index (κ3) is 2.93. The number of hydrogen-bond acceptors (Lipinski definition) is 4. The van der Waals surface area contributed by atoms with Gasteiger partial charge < -0.3 is 5.11 Å². The quantitative estimate of drug-likeness (QED) is 0.801. The Kier molecular flexibility index (Phi) is 4.07. The number of aliphatic hydroxyl groups is 1. The molecule has 1 heterocycles. The van der Waals surface area contributed by atoms with Crippen LogP contribution in [0.3, 0.4) is 0 Å². The predicted molar refractivity (Wildman–Crippen MR) is 70.6 cm³/mol. The van der Waals surface area contributed by atoms with Crippen molar-refractivity contribution in [2.75, 3.05) is 13.1 Å². The molecule has 2 rings (SSSR count). The van der Waals surface area contributed by atoms with E-state index >= 15 is 0 Å². The summed E-state index contributed by atoms with van der Waals surface area (Å²) in [6.07, 6.45) is 7.38. The van der Waals surface area contributed by atoms with Crippen molar-refractivity contribution >= 4 is 21.4 Å². The standard InChI is InChI=1S/C12H15NO3S2/c1-2-5-13(7-10-3-4-10)18(15,16)12-6-11(8-14)17-9-12/h1,6,9-10,14H,3-5,7-8H2. The predicted octanol–water partition coefficient (Wildman–Crippen LogP) is 1.27. The van der Waals surface area contributed by atoms with Gasteiger partial charge in [-0.2, -0.15) is 4.31 Å². The zero-order valence-corrected chi connectivity index (χ0v) is 11.5. The topological polar surface area (TPSA) is 57.6 Å². The molecule has 1 saturated carbocycles. The molecule has 98 valence electrons. The van der Waals surface area contributed by atoms with Crippen LogP contribution in [0.1, 0.15) is 17.7 Å². The summed E-state index contributed by atoms with van der Waals surface area (Å²) in [5.74, 6) is 2.85. The van der Waals surface area contributed by atoms with Gasteiger partial charge >= 0.3 is 0 Å². The van der Waals surface area contributed by atoms with Crippen molar-refractivity contribution in [3.05, 3.63) is 16.3 Å². The van der Waals surface area contributed by atoms with Crippen LogP contribution >= 0.6 is 11.3 Å². The Labute approximate surface area is 111 Å². The van der Waals surface area contributed by atoms with Crippen molar-refractivity contribution in [2.45, 2.75) is 24.3 Å². The smallest absolute Gasteiger partial charge is 0.244 e. The van der Waals surface area contributed by atoms with E-state index in [0.29, 0.717) is 17.3 Å². The highest BCUT2D eigenvalue weighted by molar-refractivity contribution is 7.89. The fourth-order valence-electron chi connectivity index (χ4n) is 1.67. The maximum absolute atomic E-state index is 12.4. The summed E-state index contributed by atoms with van der Waals surface area (Å²) in [4.78, 5) is 0.869. The zero-order chi connectivity index (χ0) is 13.2. The summed E-state index contributed by atoms with van der Waals surface area (Å²) in [7, 11) is -3.52. The lowest BCUT2D eigenvalue weighted by Gasteiger charge is -2.18. The minimum atomic E-state index is -3.52. The molecule has 1 aromatic rings. The molecule has 4 nitrogen and oxygen atoms in total. The summed E-state index contributed by atoms with van der Waals surface area (Å²) in [6.45, 7) is 0.456. The van der Waals surface area contributed by atoms with Gasteiger partial charge in [0.1, 0.15) is 0 Å². The zero-order valence-electron chi connectivity index (χ0n) is 9.87. The summed E-state index contributed by atoms with van der Waals surface area (Å²) in [5, 5.41) is 10.5. The van der Waals surface area contributed by atoms with Gasteiger partial charge in [0, 0.05) is 16.8 Å². The third-order valence-electron chi connectivity index (χ3n) is 2.85. The minimum Gasteiger partial charge on any atom is -0.391 e. The van der Waals surface area contributed by atoms with E-state index in [9.17, 15) is 8.42 Å². The van der Waals surface area contributed by atoms with Crippen molar-refractivity contribution in [3.63, 3.8) is 0 Å². The Bertz CT molecular complexity index is 552. The van der Waals surface area contributed by atoms with Crippen LogP contribution in [0.2, 0.25) is 0 Å². The molecule has 0 atom stereocenters. The van der Waals surface area contributed by atoms with Crippen LogP contribution in [0.15, 0.2) is 16.3 Å². The van der Waals surface area contributed by atoms with Crippen LogP contribution in [-0.2, 0) is 16.6 Å². The number of aliphatic hydroxyl groups excluding tert-OH is 1. The molecule has 0 saturated heterocycles. The average molecular weight is 285 g/mol. The summed E-state index contributed by atoms with van der Waals surface area (Å²) in [5.41, 5.74) is 0. The Morgan fingerprint density at radius 3 is 2.78 bits per heavy atom. The number of thiophene rings is 1. The second-order valence-corrected chi connectivity index (χ2v) is 7.29. The van der Waals surface area contributed by atoms with Gasteiger partial charge in [0.15, 0.2) is 0 Å². The summed E-state index contributed by atoms with van der Waals surface area (Å²) < 4.78 is 26.1. The second-order valence-electron chi connectivity index (χ2n) is 4.35. The van der Waals surface area contributed by atoms with E-state index < -0.39 is 10.0 Å². The number of terminal acetylenes is 1. The molecule has 18 heavy (non-hydrogen) atoms. The van der Waals surface area contributed by atoms with Gasteiger partial charge in [-0.3, -0.25) is 0 Å². The molecule has 0 aliphatic heterocycles. The van der Waals surface area contributed by atoms with Crippen molar-refractivity contribution in [3.8, 4) is 12.3 Å². The molecule has 1 fully saturated rings. The van der Waals surface area contributed by atoms with E-state index in [2.05, 4.69) is 5.92 Å². The number of nitrogens with zero attached hydrogens (tertiary/aromatic N) is 1. The number of rotatable bonds is 6. The van der Waals surface area contributed by atoms with Crippen molar-refractivity contribution in [1.29, 1.82) is 0 Å². The molecule has 0 amide bonds. The first-order chi connectivity index (χ1) is 8.57. The van der Waals surface area contributed by atoms with Gasteiger partial charge in [-0.05, 0) is 24.8 Å². The van der Waals surface area contributed by atoms with Crippen LogP contribution in [0.25, 0.3) is 0 Å². The van der Waals surface area contributed by atoms with Crippen LogP contribution in [-0.4, -0.2) is 30.9 Å². The van der Waals surface area contributed by atoms with Gasteiger partial charge in [0.2, 0.25) is 10.0 Å². The Morgan fingerprint density at radius 1 is 1.56 bits per heavy atom. The monoisotopic (exact) mass is 285 g/mol. The fourth-order valence-corrected chi connectivity index (χ4v) is 4.22. The Hall–Kier alpha value is -0.870. The lowest BCUT2D eigenvalue weighted by Crippen LogP contribution is -2.33. The highest BCUT2D eigenvalue weighted by Crippen LogP contribution is 2.32. The molecule has 0 unspecified atom stereocenters. The first-order valence-electron chi connectivity index (χ1n) is 5.70. The maximum atomic E-state index is 12.4. The molecule has 1 aliphatic carbocycles. The van der Waals surface area contributed by atoms with E-state index in [0.717, 1.165) is 12.8 Å². The van der Waals surface area contributed by atoms with Crippen molar-refractivity contribution in [2.24, 2.45) is 5.92 Å². The Balaban J connectivity index is 2.22. The number of sulfonamides is 1. The molecule has 1 N–H and O–H groups in total. The first-order valence-corrected chi connectivity index (χ1v) is 8.01. The van der Waals surface area contributed by atoms with Crippen molar-refractivity contribution < 1.29 is 13.5 Å². The molecule has 6 heteroatoms. The van der Waals surface area contributed by atoms with E-state index in [-0.39, 0.29) is 18.0 Å². The molecule has 0 bridgehead atoms. The van der Waals surface area contributed by atoms with Crippen LogP contribution < -0.4 is 0 Å². The second kappa shape index (κ2) is 5.41. The SMILES string of the molecule is C#CCN(CC1CC1)S(=O)(=O)c1csc(CO)c1. The normalized spacial score (nSPS) is 15.8. The summed E-state index contributed by atoms with van der Waals surface area (Å²) in [6, 6.07) is 1.51. The summed E-state index contributed by atoms with van der Waals surface area (Å²) >= 11 is 1.24. The highest BCUT2D eigenvalue weighted by atomic mass is 32.2. The lowest BCUT2D eigenvalue weighted by molar-refractivity contribution is 0.285. The van der Waals surface area contributed by atoms with Gasteiger partial charge in [-0.1, -0.05) is 5.92 Å². The van der Waals surface area contributed by atoms with Crippen LogP contribution in [0.4, 0.5) is 0 Å². The molecular weight excluding hydrogens is 270 g/mol. The first kappa shape index (κ1) is 13.6. The van der Waals surface area contributed by atoms with E-state index in [1.54, 1.807) is 5.38 Å². The minimum absolute atomic E-state index is 0.100. The lowest BCUT2D eigenvalue weighted by atomic mass is 10.4. The average Bonchev–Trinajstić information content (AvgIpc) is 3.02. The molecule has 0 radical (unpaired) electrons. The molecule has 1 aromatic heterocycles. The van der Waals surface area contributed by atoms with Gasteiger partial charge in [-0.15, -0.1) is 17.8 Å². The van der Waals surface area contributed by atoms with E-state index in [1.165, 1.54) is 21.7 Å². The third-order valence-corrected chi connectivity index (χ3v) is 5.71. The number of hydrogen-bond donors (Lipinski definition) is 1. The van der Waals surface area contributed by atoms with Gasteiger partial charge in [-0.25, -0.2) is 8.42 Å². The molecule has 1 aliphatic rings. The van der Waals surface area contributed by atoms with E-state index in [1.807, 2.05) is 0 Å². The van der Waals surface area contributed by atoms with Gasteiger partial charge in [0.05, 0.1) is 18.0 Å². The highest BCUT2D eigenvalue weighted by Gasteiger charge is 2.31. The van der Waals surface area contributed by atoms with Crippen molar-refractivity contribution in [1.82, 2.24) is 4.31 Å². The fraction of sp³-hybridized carbons (Fsp3) is 0.500. The van der Waals surface area contributed by atoms with Crippen LogP contribution in [0.5, 0.6) is 0 Å². The largest absolute Gasteiger partial charge is 0.391 e. The van der Waals surface area contributed by atoms with Crippen LogP contribution in [0, 0.1) is 18.3 Å². The molecular formula is C12H15NO3S2. The Morgan fingerprint density at radius 2 is 2.28 bits per heavy atom.